The molecule has 1 heterocycles. The Hall–Kier alpha value is -1.18. The van der Waals surface area contributed by atoms with E-state index >= 15 is 0 Å². The third-order valence-electron chi connectivity index (χ3n) is 3.83. The minimum Gasteiger partial charge on any atom is -0.383 e. The lowest BCUT2D eigenvalue weighted by Gasteiger charge is -2.34. The lowest BCUT2D eigenvalue weighted by Crippen LogP contribution is -2.42. The fourth-order valence-electron chi connectivity index (χ4n) is 2.65. The maximum atomic E-state index is 9.41. The van der Waals surface area contributed by atoms with Gasteiger partial charge in [0.25, 0.3) is 0 Å². The van der Waals surface area contributed by atoms with Crippen LogP contribution in [0.2, 0.25) is 0 Å². The molecular formula is C16H23N3S. The Labute approximate surface area is 126 Å². The summed E-state index contributed by atoms with van der Waals surface area (Å²) in [5.74, 6) is 0.986. The normalized spacial score (nSPS) is 22.2. The first kappa shape index (κ1) is 15.2. The minimum atomic E-state index is 0.277. The van der Waals surface area contributed by atoms with Crippen LogP contribution in [0, 0.1) is 16.7 Å². The molecule has 0 amide bonds. The molecule has 1 unspecified atom stereocenters. The van der Waals surface area contributed by atoms with Crippen molar-refractivity contribution >= 4 is 17.4 Å². The predicted octanol–water partition coefficient (Wildman–Crippen LogP) is 3.47. The van der Waals surface area contributed by atoms with E-state index in [2.05, 4.69) is 30.6 Å². The number of thioether (sulfide) groups is 1. The first-order valence-corrected chi connectivity index (χ1v) is 8.27. The zero-order valence-electron chi connectivity index (χ0n) is 12.3. The molecule has 2 N–H and O–H groups in total. The Morgan fingerprint density at radius 1 is 1.50 bits per heavy atom. The quantitative estimate of drug-likeness (QED) is 0.815. The van der Waals surface area contributed by atoms with Crippen LogP contribution in [-0.4, -0.2) is 25.4 Å². The molecule has 108 valence electrons. The van der Waals surface area contributed by atoms with Crippen LogP contribution in [0.15, 0.2) is 23.1 Å². The lowest BCUT2D eigenvalue weighted by atomic mass is 9.82. The van der Waals surface area contributed by atoms with E-state index < -0.39 is 0 Å². The van der Waals surface area contributed by atoms with E-state index in [0.29, 0.717) is 0 Å². The Bertz CT molecular complexity index is 487. The van der Waals surface area contributed by atoms with Crippen LogP contribution < -0.4 is 10.6 Å². The van der Waals surface area contributed by atoms with E-state index in [0.717, 1.165) is 41.5 Å². The summed E-state index contributed by atoms with van der Waals surface area (Å²) in [6, 6.07) is 8.42. The average Bonchev–Trinajstić information content (AvgIpc) is 2.46. The highest BCUT2D eigenvalue weighted by Gasteiger charge is 2.26. The molecule has 20 heavy (non-hydrogen) atoms. The fourth-order valence-corrected chi connectivity index (χ4v) is 3.43. The standard InChI is InChI=1S/C16H23N3S/c1-3-20-15-7-4-6-14(13(15)10-17)19-12-16(2)8-5-9-18-11-16/h4,6-7,18-19H,3,5,8-9,11-12H2,1-2H3. The fraction of sp³-hybridized carbons (Fsp3) is 0.562. The Morgan fingerprint density at radius 3 is 3.00 bits per heavy atom. The zero-order valence-corrected chi connectivity index (χ0v) is 13.1. The van der Waals surface area contributed by atoms with Gasteiger partial charge in [0, 0.05) is 18.0 Å². The second kappa shape index (κ2) is 7.01. The SMILES string of the molecule is CCSc1cccc(NCC2(C)CCCNC2)c1C#N. The van der Waals surface area contributed by atoms with Gasteiger partial charge in [-0.25, -0.2) is 0 Å². The van der Waals surface area contributed by atoms with Crippen molar-refractivity contribution in [3.05, 3.63) is 23.8 Å². The number of piperidine rings is 1. The number of nitriles is 1. The Kier molecular flexibility index (Phi) is 5.33. The number of rotatable bonds is 5. The summed E-state index contributed by atoms with van der Waals surface area (Å²) < 4.78 is 0. The maximum Gasteiger partial charge on any atom is 0.102 e. The molecule has 3 nitrogen and oxygen atoms in total. The first-order valence-electron chi connectivity index (χ1n) is 7.29. The third-order valence-corrected chi connectivity index (χ3v) is 4.77. The van der Waals surface area contributed by atoms with Crippen molar-refractivity contribution in [3.63, 3.8) is 0 Å². The van der Waals surface area contributed by atoms with Crippen LogP contribution in [0.25, 0.3) is 0 Å². The third kappa shape index (κ3) is 3.68. The molecule has 0 saturated carbocycles. The van der Waals surface area contributed by atoms with Gasteiger partial charge in [0.05, 0.1) is 11.3 Å². The Morgan fingerprint density at radius 2 is 2.35 bits per heavy atom. The van der Waals surface area contributed by atoms with Crippen molar-refractivity contribution < 1.29 is 0 Å². The summed E-state index contributed by atoms with van der Waals surface area (Å²) in [6.07, 6.45) is 2.47. The van der Waals surface area contributed by atoms with Gasteiger partial charge in [-0.15, -0.1) is 11.8 Å². The predicted molar refractivity (Wildman–Crippen MR) is 86.3 cm³/mol. The van der Waals surface area contributed by atoms with Crippen LogP contribution in [-0.2, 0) is 0 Å². The first-order chi connectivity index (χ1) is 9.68. The highest BCUT2D eigenvalue weighted by atomic mass is 32.2. The monoisotopic (exact) mass is 289 g/mol. The van der Waals surface area contributed by atoms with E-state index in [1.54, 1.807) is 11.8 Å². The van der Waals surface area contributed by atoms with Crippen LogP contribution in [0.3, 0.4) is 0 Å². The molecule has 4 heteroatoms. The molecule has 1 aromatic rings. The van der Waals surface area contributed by atoms with Crippen LogP contribution in [0.5, 0.6) is 0 Å². The topological polar surface area (TPSA) is 47.8 Å². The lowest BCUT2D eigenvalue weighted by molar-refractivity contribution is 0.253. The van der Waals surface area contributed by atoms with E-state index in [9.17, 15) is 5.26 Å². The molecule has 1 fully saturated rings. The van der Waals surface area contributed by atoms with Gasteiger partial charge in [-0.05, 0) is 42.7 Å². The van der Waals surface area contributed by atoms with Crippen LogP contribution in [0.4, 0.5) is 5.69 Å². The molecule has 1 aliphatic rings. The average molecular weight is 289 g/mol. The van der Waals surface area contributed by atoms with Gasteiger partial charge < -0.3 is 10.6 Å². The number of nitrogens with one attached hydrogen (secondary N) is 2. The Balaban J connectivity index is 2.09. The van der Waals surface area contributed by atoms with Crippen molar-refractivity contribution in [2.45, 2.75) is 31.6 Å². The van der Waals surface area contributed by atoms with Crippen LogP contribution >= 0.6 is 11.8 Å². The van der Waals surface area contributed by atoms with Gasteiger partial charge in [0.2, 0.25) is 0 Å². The summed E-state index contributed by atoms with van der Waals surface area (Å²) in [5.41, 5.74) is 2.03. The van der Waals surface area contributed by atoms with Crippen molar-refractivity contribution in [3.8, 4) is 6.07 Å². The van der Waals surface area contributed by atoms with Crippen molar-refractivity contribution in [2.24, 2.45) is 5.41 Å². The summed E-state index contributed by atoms with van der Waals surface area (Å²) in [7, 11) is 0. The summed E-state index contributed by atoms with van der Waals surface area (Å²) in [6.45, 7) is 7.51. The number of nitrogens with zero attached hydrogens (tertiary/aromatic N) is 1. The smallest absolute Gasteiger partial charge is 0.102 e. The van der Waals surface area contributed by atoms with Crippen LogP contribution in [0.1, 0.15) is 32.3 Å². The number of benzene rings is 1. The van der Waals surface area contributed by atoms with Gasteiger partial charge in [0.1, 0.15) is 6.07 Å². The molecule has 0 spiro atoms. The highest BCUT2D eigenvalue weighted by molar-refractivity contribution is 7.99. The molecule has 0 radical (unpaired) electrons. The zero-order chi connectivity index (χ0) is 14.4. The van der Waals surface area contributed by atoms with E-state index in [-0.39, 0.29) is 5.41 Å². The van der Waals surface area contributed by atoms with Crippen molar-refractivity contribution in [2.75, 3.05) is 30.7 Å². The molecule has 2 rings (SSSR count). The van der Waals surface area contributed by atoms with Gasteiger partial charge in [-0.3, -0.25) is 0 Å². The van der Waals surface area contributed by atoms with Gasteiger partial charge in [-0.2, -0.15) is 5.26 Å². The molecule has 1 aromatic carbocycles. The summed E-state index contributed by atoms with van der Waals surface area (Å²) in [4.78, 5) is 1.08. The van der Waals surface area contributed by atoms with E-state index in [4.69, 9.17) is 0 Å². The summed E-state index contributed by atoms with van der Waals surface area (Å²) in [5, 5.41) is 16.4. The van der Waals surface area contributed by atoms with Gasteiger partial charge >= 0.3 is 0 Å². The molecule has 1 aliphatic heterocycles. The van der Waals surface area contributed by atoms with Crippen molar-refractivity contribution in [1.82, 2.24) is 5.32 Å². The second-order valence-corrected chi connectivity index (χ2v) is 6.97. The van der Waals surface area contributed by atoms with E-state index in [1.807, 2.05) is 18.2 Å². The van der Waals surface area contributed by atoms with Crippen molar-refractivity contribution in [1.29, 1.82) is 5.26 Å². The summed E-state index contributed by atoms with van der Waals surface area (Å²) >= 11 is 1.73. The molecule has 1 saturated heterocycles. The minimum absolute atomic E-state index is 0.277. The van der Waals surface area contributed by atoms with Gasteiger partial charge in [0.15, 0.2) is 0 Å². The highest BCUT2D eigenvalue weighted by Crippen LogP contribution is 2.30. The maximum absolute atomic E-state index is 9.41. The largest absolute Gasteiger partial charge is 0.383 e. The molecule has 0 bridgehead atoms. The number of hydrogen-bond acceptors (Lipinski definition) is 4. The molecule has 0 aliphatic carbocycles. The second-order valence-electron chi connectivity index (χ2n) is 5.67. The van der Waals surface area contributed by atoms with E-state index in [1.165, 1.54) is 12.8 Å². The van der Waals surface area contributed by atoms with Gasteiger partial charge in [-0.1, -0.05) is 19.9 Å². The number of hydrogen-bond donors (Lipinski definition) is 2. The molecule has 0 aromatic heterocycles. The number of anilines is 1. The molecule has 1 atom stereocenters. The molecular weight excluding hydrogens is 266 g/mol.